The minimum atomic E-state index is -0.281. The van der Waals surface area contributed by atoms with Gasteiger partial charge in [-0.2, -0.15) is 0 Å². The van der Waals surface area contributed by atoms with Crippen LogP contribution in [0.25, 0.3) is 44.5 Å². The highest BCUT2D eigenvalue weighted by Gasteiger charge is 2.36. The smallest absolute Gasteiger partial charge is 0.225 e. The van der Waals surface area contributed by atoms with Gasteiger partial charge in [-0.15, -0.1) is 0 Å². The number of imidazole rings is 1. The Bertz CT molecular complexity index is 1590. The van der Waals surface area contributed by atoms with Crippen LogP contribution in [0, 0.1) is 17.7 Å². The number of hydrogen-bond acceptors (Lipinski definition) is 2. The van der Waals surface area contributed by atoms with Crippen LogP contribution in [0.2, 0.25) is 0 Å². The topological polar surface area (TPSA) is 53.9 Å². The maximum Gasteiger partial charge on any atom is 0.225 e. The van der Waals surface area contributed by atoms with Gasteiger partial charge in [0.1, 0.15) is 11.6 Å². The van der Waals surface area contributed by atoms with Crippen molar-refractivity contribution in [2.45, 2.75) is 25.8 Å². The van der Waals surface area contributed by atoms with Gasteiger partial charge in [0.05, 0.1) is 11.0 Å². The molecule has 3 aromatic carbocycles. The number of amides is 1. The number of benzene rings is 3. The zero-order chi connectivity index (χ0) is 24.2. The molecule has 7 rings (SSSR count). The highest BCUT2D eigenvalue weighted by atomic mass is 19.1. The summed E-state index contributed by atoms with van der Waals surface area (Å²) in [5.41, 5.74) is 6.02. The Morgan fingerprint density at radius 2 is 1.75 bits per heavy atom. The van der Waals surface area contributed by atoms with E-state index < -0.39 is 0 Å². The molecule has 2 aromatic heterocycles. The number of rotatable bonds is 5. The summed E-state index contributed by atoms with van der Waals surface area (Å²) in [7, 11) is 0. The number of aromatic amines is 1. The van der Waals surface area contributed by atoms with Gasteiger partial charge in [-0.3, -0.25) is 4.79 Å². The van der Waals surface area contributed by atoms with Crippen molar-refractivity contribution in [1.82, 2.24) is 19.4 Å². The van der Waals surface area contributed by atoms with E-state index in [1.165, 1.54) is 17.5 Å². The van der Waals surface area contributed by atoms with Crippen LogP contribution in [0.15, 0.2) is 72.9 Å². The van der Waals surface area contributed by atoms with Crippen LogP contribution in [0.1, 0.15) is 19.3 Å². The maximum atomic E-state index is 14.0. The molecule has 0 radical (unpaired) electrons. The molecule has 0 unspecified atom stereocenters. The highest BCUT2D eigenvalue weighted by molar-refractivity contribution is 5.86. The summed E-state index contributed by atoms with van der Waals surface area (Å²) < 4.78 is 16.3. The molecule has 1 N–H and O–H groups in total. The monoisotopic (exact) mass is 478 g/mol. The van der Waals surface area contributed by atoms with Crippen molar-refractivity contribution >= 4 is 27.8 Å². The van der Waals surface area contributed by atoms with Crippen molar-refractivity contribution in [2.24, 2.45) is 11.8 Å². The van der Waals surface area contributed by atoms with E-state index >= 15 is 0 Å². The first kappa shape index (κ1) is 21.4. The molecule has 6 heteroatoms. The number of carbonyl (C=O) groups is 1. The van der Waals surface area contributed by atoms with Gasteiger partial charge < -0.3 is 14.5 Å². The predicted octanol–water partition coefficient (Wildman–Crippen LogP) is 6.25. The molecule has 1 aliphatic heterocycles. The number of nitrogens with one attached hydrogen (secondary N) is 1. The average Bonchev–Trinajstić information content (AvgIpc) is 3.30. The summed E-state index contributed by atoms with van der Waals surface area (Å²) in [6.07, 6.45) is 5.02. The van der Waals surface area contributed by atoms with Gasteiger partial charge in [0.2, 0.25) is 5.91 Å². The lowest BCUT2D eigenvalue weighted by molar-refractivity contribution is -0.131. The summed E-state index contributed by atoms with van der Waals surface area (Å²) in [5, 5.41) is 1.19. The zero-order valence-corrected chi connectivity index (χ0v) is 20.0. The summed E-state index contributed by atoms with van der Waals surface area (Å²) in [6, 6.07) is 21.8. The molecule has 1 aliphatic carbocycles. The van der Waals surface area contributed by atoms with Crippen LogP contribution in [-0.2, 0) is 11.3 Å². The minimum absolute atomic E-state index is 0.257. The molecule has 5 aromatic rings. The second kappa shape index (κ2) is 8.33. The zero-order valence-electron chi connectivity index (χ0n) is 20.0. The molecule has 0 bridgehead atoms. The molecule has 5 nitrogen and oxygen atoms in total. The van der Waals surface area contributed by atoms with Gasteiger partial charge in [-0.1, -0.05) is 30.3 Å². The fraction of sp³-hybridized carbons (Fsp3) is 0.267. The Labute approximate surface area is 208 Å². The summed E-state index contributed by atoms with van der Waals surface area (Å²) in [6.45, 7) is 2.38. The fourth-order valence-electron chi connectivity index (χ4n) is 5.58. The highest BCUT2D eigenvalue weighted by Crippen LogP contribution is 2.34. The van der Waals surface area contributed by atoms with Crippen molar-refractivity contribution in [1.29, 1.82) is 0 Å². The molecule has 2 aliphatic rings. The summed E-state index contributed by atoms with van der Waals surface area (Å²) in [4.78, 5) is 22.7. The number of carbonyl (C=O) groups excluding carboxylic acids is 1. The first-order chi connectivity index (χ1) is 17.6. The lowest BCUT2D eigenvalue weighted by Crippen LogP contribution is -2.30. The van der Waals surface area contributed by atoms with Crippen molar-refractivity contribution in [2.75, 3.05) is 13.1 Å². The van der Waals surface area contributed by atoms with Gasteiger partial charge >= 0.3 is 0 Å². The lowest BCUT2D eigenvalue weighted by Gasteiger charge is -2.18. The van der Waals surface area contributed by atoms with Gasteiger partial charge in [0, 0.05) is 48.9 Å². The molecule has 3 heterocycles. The third kappa shape index (κ3) is 3.77. The molecule has 1 amide bonds. The molecular weight excluding hydrogens is 451 g/mol. The van der Waals surface area contributed by atoms with Crippen molar-refractivity contribution in [3.05, 3.63) is 78.7 Å². The van der Waals surface area contributed by atoms with Crippen LogP contribution in [0.4, 0.5) is 4.39 Å². The van der Waals surface area contributed by atoms with Crippen LogP contribution in [0.3, 0.4) is 0 Å². The predicted molar refractivity (Wildman–Crippen MR) is 140 cm³/mol. The first-order valence-electron chi connectivity index (χ1n) is 12.7. The molecule has 1 saturated carbocycles. The van der Waals surface area contributed by atoms with E-state index in [1.54, 1.807) is 0 Å². The van der Waals surface area contributed by atoms with E-state index in [9.17, 15) is 9.18 Å². The number of hydrogen-bond donors (Lipinski definition) is 1. The van der Waals surface area contributed by atoms with E-state index in [0.29, 0.717) is 17.3 Å². The summed E-state index contributed by atoms with van der Waals surface area (Å²) >= 11 is 0. The minimum Gasteiger partial charge on any atom is -0.361 e. The lowest BCUT2D eigenvalue weighted by atomic mass is 10.0. The van der Waals surface area contributed by atoms with Gasteiger partial charge in [0.15, 0.2) is 0 Å². The SMILES string of the molecule is O=C(C1CC1)N1CC[C@H](Cn2c(-c3ccc(-c4ccc5[nH]ccc5c4)cc3)nc3cc(F)ccc32)C1. The normalized spacial score (nSPS) is 17.9. The van der Waals surface area contributed by atoms with Gasteiger partial charge in [0.25, 0.3) is 0 Å². The maximum absolute atomic E-state index is 14.0. The molecule has 1 atom stereocenters. The largest absolute Gasteiger partial charge is 0.361 e. The van der Waals surface area contributed by atoms with Crippen LogP contribution < -0.4 is 0 Å². The third-order valence-corrected chi connectivity index (χ3v) is 7.70. The van der Waals surface area contributed by atoms with Crippen LogP contribution in [-0.4, -0.2) is 38.4 Å². The standard InChI is InChI=1S/C30H27FN4O/c31-25-8-10-28-27(16-25)33-29(35(28)18-19-12-14-34(17-19)30(36)22-5-6-22)21-3-1-20(2-4-21)23-7-9-26-24(15-23)11-13-32-26/h1-4,7-11,13,15-16,19,22,32H,5-6,12,14,17-18H2/t19-/m0/s1. The molecular formula is C30H27FN4O. The second-order valence-electron chi connectivity index (χ2n) is 10.2. The molecule has 2 fully saturated rings. The van der Waals surface area contributed by atoms with Crippen LogP contribution in [0.5, 0.6) is 0 Å². The van der Waals surface area contributed by atoms with E-state index in [-0.39, 0.29) is 11.7 Å². The quantitative estimate of drug-likeness (QED) is 0.325. The van der Waals surface area contributed by atoms with E-state index in [4.69, 9.17) is 4.98 Å². The first-order valence-corrected chi connectivity index (χ1v) is 12.7. The van der Waals surface area contributed by atoms with E-state index in [2.05, 4.69) is 58.1 Å². The number of nitrogens with zero attached hydrogens (tertiary/aromatic N) is 3. The van der Waals surface area contributed by atoms with Crippen molar-refractivity contribution < 1.29 is 9.18 Å². The Hall–Kier alpha value is -3.93. The Morgan fingerprint density at radius 3 is 2.58 bits per heavy atom. The number of likely N-dealkylation sites (tertiary alicyclic amines) is 1. The van der Waals surface area contributed by atoms with Crippen molar-refractivity contribution in [3.63, 3.8) is 0 Å². The fourth-order valence-corrected chi connectivity index (χ4v) is 5.58. The third-order valence-electron chi connectivity index (χ3n) is 7.70. The molecule has 180 valence electrons. The molecule has 36 heavy (non-hydrogen) atoms. The average molecular weight is 479 g/mol. The van der Waals surface area contributed by atoms with Crippen LogP contribution >= 0.6 is 0 Å². The Balaban J connectivity index is 1.21. The van der Waals surface area contributed by atoms with E-state index in [1.807, 2.05) is 17.2 Å². The number of halogens is 1. The molecule has 1 saturated heterocycles. The van der Waals surface area contributed by atoms with Crippen molar-refractivity contribution in [3.8, 4) is 22.5 Å². The number of H-pyrrole nitrogens is 1. The van der Waals surface area contributed by atoms with E-state index in [0.717, 1.165) is 72.4 Å². The number of fused-ring (bicyclic) bond motifs is 2. The second-order valence-corrected chi connectivity index (χ2v) is 10.2. The molecule has 0 spiro atoms. The van der Waals surface area contributed by atoms with Gasteiger partial charge in [-0.25, -0.2) is 9.37 Å². The Morgan fingerprint density at radius 1 is 0.944 bits per heavy atom. The number of aromatic nitrogens is 3. The Kier molecular flexibility index (Phi) is 4.94. The van der Waals surface area contributed by atoms with Gasteiger partial charge in [-0.05, 0) is 72.0 Å². The summed E-state index contributed by atoms with van der Waals surface area (Å²) in [5.74, 6) is 1.50.